The molecule has 126 valence electrons. The highest BCUT2D eigenvalue weighted by molar-refractivity contribution is 7.50. The zero-order valence-corrected chi connectivity index (χ0v) is 16.1. The fraction of sp³-hybridized carbons (Fsp3) is 0.600. The van der Waals surface area contributed by atoms with E-state index in [1.807, 2.05) is 0 Å². The summed E-state index contributed by atoms with van der Waals surface area (Å²) >= 11 is 0. The summed E-state index contributed by atoms with van der Waals surface area (Å²) < 4.78 is 22.7. The Morgan fingerprint density at radius 2 is 1.68 bits per heavy atom. The number of methoxy groups -OCH3 is 1. The van der Waals surface area contributed by atoms with Crippen LogP contribution < -0.4 is 0 Å². The molecule has 0 amide bonds. The average molecular weight is 346 g/mol. The van der Waals surface area contributed by atoms with Gasteiger partial charge in [0, 0.05) is 12.7 Å². The summed E-state index contributed by atoms with van der Waals surface area (Å²) in [5.41, 5.74) is 1.45. The van der Waals surface area contributed by atoms with Crippen molar-refractivity contribution in [2.75, 3.05) is 7.11 Å². The van der Waals surface area contributed by atoms with Crippen LogP contribution in [0.25, 0.3) is 0 Å². The normalized spacial score (nSPS) is 14.9. The third kappa shape index (κ3) is 5.61. The Labute approximate surface area is 133 Å². The van der Waals surface area contributed by atoms with E-state index in [2.05, 4.69) is 33.9 Å². The Balaban J connectivity index is 2.90. The number of hydrogen-bond acceptors (Lipinski definition) is 3. The Bertz CT molecular complexity index is 530. The van der Waals surface area contributed by atoms with Crippen molar-refractivity contribution in [3.05, 3.63) is 35.4 Å². The van der Waals surface area contributed by atoms with Gasteiger partial charge in [0.2, 0.25) is 0 Å². The van der Waals surface area contributed by atoms with Crippen LogP contribution in [0.1, 0.15) is 38.2 Å². The second-order valence-electron chi connectivity index (χ2n) is 7.01. The lowest BCUT2D eigenvalue weighted by molar-refractivity contribution is -0.0658. The van der Waals surface area contributed by atoms with Crippen molar-refractivity contribution in [2.45, 2.75) is 51.4 Å². The van der Waals surface area contributed by atoms with Crippen LogP contribution in [-0.4, -0.2) is 25.2 Å². The molecule has 0 saturated carbocycles. The van der Waals surface area contributed by atoms with Crippen molar-refractivity contribution >= 4 is 15.9 Å². The van der Waals surface area contributed by atoms with E-state index in [-0.39, 0.29) is 11.2 Å². The Kier molecular flexibility index (Phi) is 6.18. The number of ether oxygens (including phenoxy) is 1. The molecule has 0 fully saturated rings. The largest absolute Gasteiger partial charge is 0.389 e. The van der Waals surface area contributed by atoms with E-state index in [9.17, 15) is 4.57 Å². The van der Waals surface area contributed by atoms with Crippen LogP contribution in [-0.2, 0) is 19.9 Å². The van der Waals surface area contributed by atoms with Crippen LogP contribution >= 0.6 is 7.60 Å². The molecule has 5 nitrogen and oxygen atoms in total. The Morgan fingerprint density at radius 3 is 2.05 bits per heavy atom. The molecule has 0 spiro atoms. The van der Waals surface area contributed by atoms with Crippen molar-refractivity contribution in [2.24, 2.45) is 0 Å². The molecule has 0 aliphatic carbocycles. The molecule has 0 aliphatic rings. The average Bonchev–Trinajstić information content (AvgIpc) is 2.34. The summed E-state index contributed by atoms with van der Waals surface area (Å²) in [7, 11) is -4.42. The van der Waals surface area contributed by atoms with Crippen LogP contribution in [0.4, 0.5) is 0 Å². The van der Waals surface area contributed by atoms with Crippen LogP contribution in [0.5, 0.6) is 0 Å². The zero-order chi connectivity index (χ0) is 17.2. The van der Waals surface area contributed by atoms with Gasteiger partial charge in [-0.1, -0.05) is 45.0 Å². The molecule has 1 atom stereocenters. The van der Waals surface area contributed by atoms with Gasteiger partial charge < -0.3 is 18.9 Å². The molecule has 7 heteroatoms. The number of hydrogen-bond donors (Lipinski definition) is 2. The Hall–Kier alpha value is -0.493. The molecule has 0 radical (unpaired) electrons. The minimum absolute atomic E-state index is 0.0735. The maximum atomic E-state index is 11.0. The highest BCUT2D eigenvalue weighted by Gasteiger charge is 2.39. The Morgan fingerprint density at radius 1 is 1.18 bits per heavy atom. The van der Waals surface area contributed by atoms with Gasteiger partial charge in [-0.25, -0.2) is 0 Å². The van der Waals surface area contributed by atoms with Gasteiger partial charge in [-0.2, -0.15) is 0 Å². The molecule has 0 bridgehead atoms. The first-order chi connectivity index (χ1) is 9.86. The van der Waals surface area contributed by atoms with E-state index >= 15 is 0 Å². The SMILES string of the molecule is COC(O[Si](C)(C)C(C)(C)C)c1ccc(CP(=O)(O)O)cc1. The molecule has 0 saturated heterocycles. The summed E-state index contributed by atoms with van der Waals surface area (Å²) in [5, 5.41) is 0.0735. The summed E-state index contributed by atoms with van der Waals surface area (Å²) in [6.45, 7) is 10.8. The van der Waals surface area contributed by atoms with Gasteiger partial charge in [0.1, 0.15) is 0 Å². The van der Waals surface area contributed by atoms with Gasteiger partial charge in [0.05, 0.1) is 6.16 Å². The minimum Gasteiger partial charge on any atom is -0.389 e. The lowest BCUT2D eigenvalue weighted by atomic mass is 10.1. The molecule has 1 unspecified atom stereocenters. The van der Waals surface area contributed by atoms with Gasteiger partial charge in [-0.05, 0) is 23.7 Å². The lowest BCUT2D eigenvalue weighted by Gasteiger charge is -2.38. The molecule has 0 aromatic heterocycles. The number of benzene rings is 1. The second kappa shape index (κ2) is 6.95. The van der Waals surface area contributed by atoms with E-state index in [4.69, 9.17) is 18.9 Å². The highest BCUT2D eigenvalue weighted by atomic mass is 31.2. The highest BCUT2D eigenvalue weighted by Crippen LogP contribution is 2.41. The number of rotatable bonds is 6. The van der Waals surface area contributed by atoms with Crippen LogP contribution in [0.15, 0.2) is 24.3 Å². The third-order valence-corrected chi connectivity index (χ3v) is 9.26. The lowest BCUT2D eigenvalue weighted by Crippen LogP contribution is -2.42. The minimum atomic E-state index is -4.04. The van der Waals surface area contributed by atoms with Crippen molar-refractivity contribution in [1.82, 2.24) is 0 Å². The monoisotopic (exact) mass is 346 g/mol. The maximum absolute atomic E-state index is 11.0. The fourth-order valence-corrected chi connectivity index (χ4v) is 3.52. The van der Waals surface area contributed by atoms with Gasteiger partial charge in [0.25, 0.3) is 0 Å². The maximum Gasteiger partial charge on any atom is 0.329 e. The summed E-state index contributed by atoms with van der Waals surface area (Å²) in [6, 6.07) is 7.00. The first-order valence-electron chi connectivity index (χ1n) is 7.20. The molecule has 1 aromatic carbocycles. The van der Waals surface area contributed by atoms with Gasteiger partial charge in [-0.15, -0.1) is 0 Å². The molecular weight excluding hydrogens is 319 g/mol. The quantitative estimate of drug-likeness (QED) is 0.462. The second-order valence-corrected chi connectivity index (χ2v) is 13.4. The standard InChI is InChI=1S/C15H27O5PSi/c1-15(2,3)22(5,6)20-14(19-4)13-9-7-12(8-10-13)11-21(16,17)18/h7-10,14H,11H2,1-6H3,(H2,16,17,18). The molecule has 22 heavy (non-hydrogen) atoms. The van der Waals surface area contributed by atoms with Gasteiger partial charge >= 0.3 is 7.60 Å². The third-order valence-electron chi connectivity index (χ3n) is 4.06. The fourth-order valence-electron chi connectivity index (χ4n) is 1.71. The predicted molar refractivity (Wildman–Crippen MR) is 90.2 cm³/mol. The summed E-state index contributed by atoms with van der Waals surface area (Å²) in [5.74, 6) is 0. The molecular formula is C15H27O5PSi. The van der Waals surface area contributed by atoms with Crippen molar-refractivity contribution in [1.29, 1.82) is 0 Å². The first-order valence-corrected chi connectivity index (χ1v) is 11.9. The van der Waals surface area contributed by atoms with Crippen LogP contribution in [0, 0.1) is 0 Å². The predicted octanol–water partition coefficient (Wildman–Crippen LogP) is 4.03. The topological polar surface area (TPSA) is 76.0 Å². The summed E-state index contributed by atoms with van der Waals surface area (Å²) in [4.78, 5) is 18.0. The molecule has 0 aliphatic heterocycles. The van der Waals surface area contributed by atoms with Crippen LogP contribution in [0.2, 0.25) is 18.1 Å². The van der Waals surface area contributed by atoms with Gasteiger partial charge in [0.15, 0.2) is 14.6 Å². The zero-order valence-electron chi connectivity index (χ0n) is 14.2. The smallest absolute Gasteiger partial charge is 0.329 e. The van der Waals surface area contributed by atoms with E-state index in [1.54, 1.807) is 31.4 Å². The van der Waals surface area contributed by atoms with Gasteiger partial charge in [-0.3, -0.25) is 4.57 Å². The first kappa shape index (κ1) is 19.6. The van der Waals surface area contributed by atoms with E-state index in [1.165, 1.54) is 0 Å². The molecule has 1 rings (SSSR count). The molecule has 0 heterocycles. The molecule has 1 aromatic rings. The van der Waals surface area contributed by atoms with Crippen molar-refractivity contribution < 1.29 is 23.5 Å². The van der Waals surface area contributed by atoms with Crippen LogP contribution in [0.3, 0.4) is 0 Å². The van der Waals surface area contributed by atoms with E-state index in [0.29, 0.717) is 5.56 Å². The molecule has 2 N–H and O–H groups in total. The van der Waals surface area contributed by atoms with E-state index in [0.717, 1.165) is 5.56 Å². The van der Waals surface area contributed by atoms with Crippen molar-refractivity contribution in [3.8, 4) is 0 Å². The van der Waals surface area contributed by atoms with Crippen molar-refractivity contribution in [3.63, 3.8) is 0 Å². The summed E-state index contributed by atoms with van der Waals surface area (Å²) in [6.07, 6.45) is -0.724. The van der Waals surface area contributed by atoms with E-state index < -0.39 is 22.2 Å².